The first-order chi connectivity index (χ1) is 12.2. The fourth-order valence-corrected chi connectivity index (χ4v) is 2.54. The fourth-order valence-electron chi connectivity index (χ4n) is 2.54. The first-order valence-corrected chi connectivity index (χ1v) is 7.39. The van der Waals surface area contributed by atoms with Crippen molar-refractivity contribution in [2.75, 3.05) is 0 Å². The van der Waals surface area contributed by atoms with Crippen LogP contribution in [-0.2, 0) is 0 Å². The molecule has 0 amide bonds. The molecule has 0 aliphatic carbocycles. The molecule has 0 atom stereocenters. The summed E-state index contributed by atoms with van der Waals surface area (Å²) in [6.07, 6.45) is 4.88. The van der Waals surface area contributed by atoms with E-state index in [2.05, 4.69) is 15.3 Å². The molecule has 0 aliphatic heterocycles. The molecule has 0 saturated heterocycles. The second-order valence-corrected chi connectivity index (χ2v) is 5.19. The Bertz CT molecular complexity index is 1060. The van der Waals surface area contributed by atoms with E-state index in [1.807, 2.05) is 12.1 Å². The molecule has 8 nitrogen and oxygen atoms in total. The summed E-state index contributed by atoms with van der Waals surface area (Å²) in [5.41, 5.74) is 1.21. The smallest absolute Gasteiger partial charge is 0.279 e. The summed E-state index contributed by atoms with van der Waals surface area (Å²) in [7, 11) is 0. The van der Waals surface area contributed by atoms with Crippen molar-refractivity contribution in [1.29, 1.82) is 0 Å². The van der Waals surface area contributed by atoms with E-state index < -0.39 is 4.92 Å². The molecule has 2 aromatic carbocycles. The lowest BCUT2D eigenvalue weighted by Crippen LogP contribution is -1.96. The Hall–Kier alpha value is -3.81. The predicted molar refractivity (Wildman–Crippen MR) is 89.8 cm³/mol. The predicted octanol–water partition coefficient (Wildman–Crippen LogP) is 3.52. The number of aromatic nitrogens is 4. The minimum atomic E-state index is -0.431. The quantitative estimate of drug-likeness (QED) is 0.419. The summed E-state index contributed by atoms with van der Waals surface area (Å²) in [5.74, 6) is 1.01. The van der Waals surface area contributed by atoms with Gasteiger partial charge in [-0.05, 0) is 30.3 Å². The van der Waals surface area contributed by atoms with Crippen molar-refractivity contribution in [3.63, 3.8) is 0 Å². The van der Waals surface area contributed by atoms with Gasteiger partial charge in [0.2, 0.25) is 0 Å². The van der Waals surface area contributed by atoms with Gasteiger partial charge in [-0.1, -0.05) is 11.3 Å². The first-order valence-electron chi connectivity index (χ1n) is 7.39. The summed E-state index contributed by atoms with van der Waals surface area (Å²) in [4.78, 5) is 15.0. The third-order valence-electron chi connectivity index (χ3n) is 3.64. The highest BCUT2D eigenvalue weighted by Crippen LogP contribution is 2.34. The summed E-state index contributed by atoms with van der Waals surface area (Å²) in [6, 6.07) is 13.6. The number of nitro groups is 1. The summed E-state index contributed by atoms with van der Waals surface area (Å²) in [5, 5.41) is 19.3. The van der Waals surface area contributed by atoms with Crippen molar-refractivity contribution >= 4 is 16.6 Å². The topological polar surface area (TPSA) is 96.0 Å². The van der Waals surface area contributed by atoms with E-state index in [0.717, 1.165) is 5.69 Å². The van der Waals surface area contributed by atoms with Gasteiger partial charge in [0.25, 0.3) is 5.69 Å². The van der Waals surface area contributed by atoms with Crippen LogP contribution >= 0.6 is 0 Å². The molecule has 0 fully saturated rings. The van der Waals surface area contributed by atoms with E-state index >= 15 is 0 Å². The lowest BCUT2D eigenvalue weighted by Gasteiger charge is -2.09. The number of hydrogen-bond acceptors (Lipinski definition) is 6. The monoisotopic (exact) mass is 333 g/mol. The van der Waals surface area contributed by atoms with Gasteiger partial charge in [0.05, 0.1) is 28.4 Å². The molecule has 0 aliphatic rings. The van der Waals surface area contributed by atoms with E-state index in [-0.39, 0.29) is 5.69 Å². The normalized spacial score (nSPS) is 10.7. The van der Waals surface area contributed by atoms with Crippen LogP contribution < -0.4 is 4.74 Å². The SMILES string of the molecule is O=[N+]([O-])c1ccc(Oc2cccc(-n3ccnn3)c2)c2ncccc12. The van der Waals surface area contributed by atoms with E-state index in [0.29, 0.717) is 22.4 Å². The van der Waals surface area contributed by atoms with Crippen molar-refractivity contribution in [3.8, 4) is 17.2 Å². The molecule has 4 aromatic rings. The zero-order chi connectivity index (χ0) is 17.2. The van der Waals surface area contributed by atoms with Crippen LogP contribution in [0.1, 0.15) is 0 Å². The molecule has 0 unspecified atom stereocenters. The van der Waals surface area contributed by atoms with Crippen LogP contribution in [-0.4, -0.2) is 24.9 Å². The van der Waals surface area contributed by atoms with Crippen molar-refractivity contribution in [1.82, 2.24) is 20.0 Å². The van der Waals surface area contributed by atoms with Crippen LogP contribution in [0.25, 0.3) is 16.6 Å². The lowest BCUT2D eigenvalue weighted by molar-refractivity contribution is -0.383. The largest absolute Gasteiger partial charge is 0.455 e. The lowest BCUT2D eigenvalue weighted by atomic mass is 10.1. The highest BCUT2D eigenvalue weighted by molar-refractivity contribution is 5.92. The number of nitro benzene ring substituents is 1. The van der Waals surface area contributed by atoms with Crippen LogP contribution in [0.5, 0.6) is 11.5 Å². The van der Waals surface area contributed by atoms with Crippen LogP contribution in [0, 0.1) is 10.1 Å². The van der Waals surface area contributed by atoms with Crippen LogP contribution in [0.15, 0.2) is 67.1 Å². The molecular weight excluding hydrogens is 322 g/mol. The number of nitrogens with zero attached hydrogens (tertiary/aromatic N) is 5. The third-order valence-corrected chi connectivity index (χ3v) is 3.64. The Labute approximate surface area is 141 Å². The average molecular weight is 333 g/mol. The van der Waals surface area contributed by atoms with E-state index in [1.165, 1.54) is 6.07 Å². The van der Waals surface area contributed by atoms with Gasteiger partial charge in [0.1, 0.15) is 11.3 Å². The highest BCUT2D eigenvalue weighted by Gasteiger charge is 2.16. The van der Waals surface area contributed by atoms with Crippen LogP contribution in [0.3, 0.4) is 0 Å². The number of ether oxygens (including phenoxy) is 1. The molecular formula is C17H11N5O3. The van der Waals surface area contributed by atoms with Gasteiger partial charge < -0.3 is 4.74 Å². The fraction of sp³-hybridized carbons (Fsp3) is 0. The van der Waals surface area contributed by atoms with Crippen LogP contribution in [0.2, 0.25) is 0 Å². The second kappa shape index (κ2) is 6.00. The molecule has 4 rings (SSSR count). The average Bonchev–Trinajstić information content (AvgIpc) is 3.17. The van der Waals surface area contributed by atoms with Gasteiger partial charge in [-0.3, -0.25) is 15.1 Å². The number of non-ortho nitro benzene ring substituents is 1. The standard InChI is InChI=1S/C17H11N5O3/c23-22(24)15-6-7-16(17-14(15)5-2-8-18-17)25-13-4-1-3-12(11-13)21-10-9-19-20-21/h1-11H. The minimum Gasteiger partial charge on any atom is -0.455 e. The first kappa shape index (κ1) is 14.8. The maximum absolute atomic E-state index is 11.2. The molecule has 25 heavy (non-hydrogen) atoms. The van der Waals surface area contributed by atoms with Crippen molar-refractivity contribution in [3.05, 3.63) is 77.2 Å². The van der Waals surface area contributed by atoms with Gasteiger partial charge in [-0.15, -0.1) is 5.10 Å². The zero-order valence-electron chi connectivity index (χ0n) is 12.8. The van der Waals surface area contributed by atoms with E-state index in [1.54, 1.807) is 53.6 Å². The molecule has 0 saturated carbocycles. The summed E-state index contributed by atoms with van der Waals surface area (Å²) < 4.78 is 7.53. The van der Waals surface area contributed by atoms with Gasteiger partial charge in [0.15, 0.2) is 5.75 Å². The van der Waals surface area contributed by atoms with Gasteiger partial charge in [-0.25, -0.2) is 4.68 Å². The van der Waals surface area contributed by atoms with Gasteiger partial charge in [-0.2, -0.15) is 0 Å². The highest BCUT2D eigenvalue weighted by atomic mass is 16.6. The number of fused-ring (bicyclic) bond motifs is 1. The summed E-state index contributed by atoms with van der Waals surface area (Å²) in [6.45, 7) is 0. The second-order valence-electron chi connectivity index (χ2n) is 5.19. The molecule has 0 bridgehead atoms. The minimum absolute atomic E-state index is 0.00758. The number of hydrogen-bond donors (Lipinski definition) is 0. The van der Waals surface area contributed by atoms with E-state index in [9.17, 15) is 10.1 Å². The number of benzene rings is 2. The van der Waals surface area contributed by atoms with Crippen molar-refractivity contribution in [2.24, 2.45) is 0 Å². The van der Waals surface area contributed by atoms with Crippen LogP contribution in [0.4, 0.5) is 5.69 Å². The maximum atomic E-state index is 11.2. The molecule has 0 radical (unpaired) electrons. The summed E-state index contributed by atoms with van der Waals surface area (Å²) >= 11 is 0. The Morgan fingerprint density at radius 3 is 2.80 bits per heavy atom. The number of rotatable bonds is 4. The Kier molecular flexibility index (Phi) is 3.55. The Morgan fingerprint density at radius 2 is 2.00 bits per heavy atom. The molecule has 8 heteroatoms. The zero-order valence-corrected chi connectivity index (χ0v) is 12.8. The number of pyridine rings is 1. The van der Waals surface area contributed by atoms with Crippen molar-refractivity contribution < 1.29 is 9.66 Å². The van der Waals surface area contributed by atoms with Gasteiger partial charge in [0, 0.05) is 18.3 Å². The molecule has 0 N–H and O–H groups in total. The maximum Gasteiger partial charge on any atom is 0.279 e. The Balaban J connectivity index is 1.76. The van der Waals surface area contributed by atoms with E-state index in [4.69, 9.17) is 4.74 Å². The van der Waals surface area contributed by atoms with Crippen molar-refractivity contribution in [2.45, 2.75) is 0 Å². The van der Waals surface area contributed by atoms with Gasteiger partial charge >= 0.3 is 0 Å². The molecule has 122 valence electrons. The molecule has 0 spiro atoms. The Morgan fingerprint density at radius 1 is 1.08 bits per heavy atom. The molecule has 2 aromatic heterocycles. The molecule has 2 heterocycles. The third kappa shape index (κ3) is 2.76.